The Bertz CT molecular complexity index is 619. The van der Waals surface area contributed by atoms with Crippen LogP contribution in [0.4, 0.5) is 0 Å². The Labute approximate surface area is 117 Å². The lowest BCUT2D eigenvalue weighted by Crippen LogP contribution is -2.34. The smallest absolute Gasteiger partial charge is 0.270 e. The second-order valence-corrected chi connectivity index (χ2v) is 5.44. The van der Waals surface area contributed by atoms with Crippen molar-refractivity contribution >= 4 is 23.1 Å². The van der Waals surface area contributed by atoms with Gasteiger partial charge in [0.2, 0.25) is 0 Å². The van der Waals surface area contributed by atoms with Gasteiger partial charge in [-0.05, 0) is 23.3 Å². The number of amides is 1. The summed E-state index contributed by atoms with van der Waals surface area (Å²) in [5.41, 5.74) is 3.92. The Morgan fingerprint density at radius 3 is 2.79 bits per heavy atom. The first-order valence-corrected chi connectivity index (χ1v) is 6.62. The van der Waals surface area contributed by atoms with Crippen LogP contribution in [0.1, 0.15) is 11.1 Å². The van der Waals surface area contributed by atoms with E-state index in [-0.39, 0.29) is 5.91 Å². The molecule has 0 aromatic heterocycles. The number of likely N-dealkylation sites (N-methyl/N-ethyl adjacent to an activating group) is 2. The summed E-state index contributed by atoms with van der Waals surface area (Å²) in [6.45, 7) is 1.37. The van der Waals surface area contributed by atoms with Crippen LogP contribution in [-0.4, -0.2) is 36.3 Å². The summed E-state index contributed by atoms with van der Waals surface area (Å²) < 4.78 is 0. The van der Waals surface area contributed by atoms with Crippen molar-refractivity contribution in [2.75, 3.05) is 20.6 Å². The van der Waals surface area contributed by atoms with Gasteiger partial charge in [-0.2, -0.15) is 0 Å². The Kier molecular flexibility index (Phi) is 2.86. The topological polar surface area (TPSA) is 23.6 Å². The molecule has 0 N–H and O–H groups in total. The maximum absolute atomic E-state index is 12.5. The van der Waals surface area contributed by atoms with Gasteiger partial charge >= 0.3 is 0 Å². The van der Waals surface area contributed by atoms with Crippen molar-refractivity contribution < 1.29 is 4.79 Å². The largest absolute Gasteiger partial charge is 0.366 e. The van der Waals surface area contributed by atoms with E-state index < -0.39 is 0 Å². The molecule has 0 fully saturated rings. The zero-order chi connectivity index (χ0) is 13.6. The zero-order valence-corrected chi connectivity index (χ0v) is 11.7. The average Bonchev–Trinajstić information content (AvgIpc) is 2.48. The van der Waals surface area contributed by atoms with Gasteiger partial charge in [0.1, 0.15) is 5.70 Å². The van der Waals surface area contributed by atoms with Crippen LogP contribution in [0.5, 0.6) is 0 Å². The maximum Gasteiger partial charge on any atom is 0.270 e. The molecule has 0 saturated carbocycles. The minimum Gasteiger partial charge on any atom is -0.366 e. The van der Waals surface area contributed by atoms with Crippen LogP contribution >= 0.6 is 11.6 Å². The van der Waals surface area contributed by atoms with Crippen LogP contribution in [0.25, 0.3) is 5.57 Å². The molecule has 0 bridgehead atoms. The van der Waals surface area contributed by atoms with Gasteiger partial charge < -0.3 is 9.80 Å². The highest BCUT2D eigenvalue weighted by atomic mass is 35.5. The van der Waals surface area contributed by atoms with E-state index in [0.29, 0.717) is 11.6 Å². The summed E-state index contributed by atoms with van der Waals surface area (Å²) in [4.78, 5) is 16.2. The fourth-order valence-corrected chi connectivity index (χ4v) is 2.82. The molecule has 2 aliphatic rings. The molecule has 0 saturated heterocycles. The molecule has 0 unspecified atom stereocenters. The molecule has 0 aliphatic carbocycles. The third-order valence-electron chi connectivity index (χ3n) is 3.62. The van der Waals surface area contributed by atoms with Crippen molar-refractivity contribution in [3.8, 4) is 0 Å². The van der Waals surface area contributed by atoms with Crippen molar-refractivity contribution in [1.82, 2.24) is 9.80 Å². The first kappa shape index (κ1) is 12.3. The average molecular weight is 275 g/mol. The van der Waals surface area contributed by atoms with Gasteiger partial charge in [-0.3, -0.25) is 4.79 Å². The highest BCUT2D eigenvalue weighted by Gasteiger charge is 2.29. The number of hydrogen-bond acceptors (Lipinski definition) is 2. The van der Waals surface area contributed by atoms with E-state index in [1.807, 2.05) is 43.3 Å². The number of carbonyl (C=O) groups is 1. The summed E-state index contributed by atoms with van der Waals surface area (Å²) in [7, 11) is 3.78. The molecule has 1 aromatic rings. The van der Waals surface area contributed by atoms with Crippen molar-refractivity contribution in [3.63, 3.8) is 0 Å². The first-order chi connectivity index (χ1) is 9.08. The second kappa shape index (κ2) is 4.42. The molecule has 0 spiro atoms. The van der Waals surface area contributed by atoms with E-state index in [2.05, 4.69) is 6.08 Å². The van der Waals surface area contributed by atoms with E-state index >= 15 is 0 Å². The third-order valence-corrected chi connectivity index (χ3v) is 3.85. The van der Waals surface area contributed by atoms with Crippen LogP contribution in [0.3, 0.4) is 0 Å². The van der Waals surface area contributed by atoms with E-state index in [9.17, 15) is 4.79 Å². The van der Waals surface area contributed by atoms with E-state index in [1.165, 1.54) is 0 Å². The Morgan fingerprint density at radius 2 is 2.00 bits per heavy atom. The number of nitrogens with zero attached hydrogens (tertiary/aromatic N) is 2. The highest BCUT2D eigenvalue weighted by Crippen LogP contribution is 2.34. The van der Waals surface area contributed by atoms with Crippen LogP contribution in [0, 0.1) is 0 Å². The standard InChI is InChI=1S/C15H15ClN2O/c1-17-7-3-4-12-13-8-11(16)6-5-10(13)9-18(2)15(19)14(12)17/h3-6,8H,7,9H2,1-2H3. The number of allylic oxidation sites excluding steroid dienone is 2. The minimum absolute atomic E-state index is 0.0640. The van der Waals surface area contributed by atoms with Gasteiger partial charge in [0, 0.05) is 37.8 Å². The van der Waals surface area contributed by atoms with Gasteiger partial charge in [0.25, 0.3) is 5.91 Å². The number of fused-ring (bicyclic) bond motifs is 2. The summed E-state index contributed by atoms with van der Waals surface area (Å²) in [5, 5.41) is 0.698. The minimum atomic E-state index is 0.0640. The fraction of sp³-hybridized carbons (Fsp3) is 0.267. The predicted octanol–water partition coefficient (Wildman–Crippen LogP) is 2.52. The van der Waals surface area contributed by atoms with Crippen LogP contribution in [0.15, 0.2) is 36.0 Å². The Balaban J connectivity index is 2.29. The molecule has 1 aromatic carbocycles. The molecule has 3 nitrogen and oxygen atoms in total. The molecule has 19 heavy (non-hydrogen) atoms. The van der Waals surface area contributed by atoms with E-state index in [0.717, 1.165) is 28.9 Å². The molecule has 0 radical (unpaired) electrons. The Hall–Kier alpha value is -1.74. The number of benzene rings is 1. The van der Waals surface area contributed by atoms with E-state index in [4.69, 9.17) is 11.6 Å². The van der Waals surface area contributed by atoms with Crippen molar-refractivity contribution in [3.05, 3.63) is 52.2 Å². The molecular weight excluding hydrogens is 260 g/mol. The van der Waals surface area contributed by atoms with E-state index in [1.54, 1.807) is 4.90 Å². The number of hydrogen-bond donors (Lipinski definition) is 0. The monoisotopic (exact) mass is 274 g/mol. The van der Waals surface area contributed by atoms with Crippen LogP contribution < -0.4 is 0 Å². The molecule has 98 valence electrons. The quantitative estimate of drug-likeness (QED) is 0.726. The van der Waals surface area contributed by atoms with Crippen LogP contribution in [0.2, 0.25) is 5.02 Å². The number of halogens is 1. The van der Waals surface area contributed by atoms with Gasteiger partial charge in [-0.15, -0.1) is 0 Å². The molecule has 0 atom stereocenters. The van der Waals surface area contributed by atoms with Crippen molar-refractivity contribution in [2.45, 2.75) is 6.54 Å². The molecule has 1 amide bonds. The zero-order valence-electron chi connectivity index (χ0n) is 11.0. The summed E-state index contributed by atoms with van der Waals surface area (Å²) >= 11 is 6.11. The third kappa shape index (κ3) is 1.94. The lowest BCUT2D eigenvalue weighted by Gasteiger charge is -2.27. The van der Waals surface area contributed by atoms with Crippen molar-refractivity contribution in [1.29, 1.82) is 0 Å². The summed E-state index contributed by atoms with van der Waals surface area (Å²) in [6.07, 6.45) is 4.10. The van der Waals surface area contributed by atoms with Gasteiger partial charge in [-0.25, -0.2) is 0 Å². The van der Waals surface area contributed by atoms with Crippen molar-refractivity contribution in [2.24, 2.45) is 0 Å². The molecular formula is C15H15ClN2O. The van der Waals surface area contributed by atoms with Gasteiger partial charge in [0.15, 0.2) is 0 Å². The lowest BCUT2D eigenvalue weighted by molar-refractivity contribution is -0.127. The second-order valence-electron chi connectivity index (χ2n) is 5.01. The number of carbonyl (C=O) groups excluding carboxylic acids is 1. The molecule has 2 aliphatic heterocycles. The Morgan fingerprint density at radius 1 is 1.21 bits per heavy atom. The highest BCUT2D eigenvalue weighted by molar-refractivity contribution is 6.30. The molecule has 3 rings (SSSR count). The SMILES string of the molecule is CN1Cc2ccc(Cl)cc2C2=C(C1=O)N(C)CC=C2. The molecule has 4 heteroatoms. The maximum atomic E-state index is 12.5. The summed E-state index contributed by atoms with van der Waals surface area (Å²) in [6, 6.07) is 5.82. The van der Waals surface area contributed by atoms with Crippen LogP contribution in [-0.2, 0) is 11.3 Å². The normalized spacial score (nSPS) is 18.4. The van der Waals surface area contributed by atoms with Gasteiger partial charge in [0.05, 0.1) is 0 Å². The first-order valence-electron chi connectivity index (χ1n) is 6.24. The lowest BCUT2D eigenvalue weighted by atomic mass is 9.96. The molecule has 2 heterocycles. The summed E-state index contributed by atoms with van der Waals surface area (Å²) in [5.74, 6) is 0.0640. The predicted molar refractivity (Wildman–Crippen MR) is 76.6 cm³/mol. The van der Waals surface area contributed by atoms with Gasteiger partial charge in [-0.1, -0.05) is 29.8 Å². The fourth-order valence-electron chi connectivity index (χ4n) is 2.65. The number of rotatable bonds is 0.